The van der Waals surface area contributed by atoms with Crippen molar-refractivity contribution in [2.75, 3.05) is 13.1 Å². The quantitative estimate of drug-likeness (QED) is 0.887. The molecule has 1 aromatic rings. The van der Waals surface area contributed by atoms with Gasteiger partial charge in [0.25, 0.3) is 0 Å². The first-order valence-electron chi connectivity index (χ1n) is 6.86. The van der Waals surface area contributed by atoms with Crippen LogP contribution in [0.15, 0.2) is 24.3 Å². The molecule has 1 heterocycles. The van der Waals surface area contributed by atoms with E-state index in [9.17, 15) is 4.39 Å². The van der Waals surface area contributed by atoms with Gasteiger partial charge in [0.15, 0.2) is 0 Å². The Bertz CT molecular complexity index is 377. The number of halogens is 1. The molecule has 0 aromatic heterocycles. The van der Waals surface area contributed by atoms with Gasteiger partial charge in [-0.3, -0.25) is 4.90 Å². The molecule has 0 radical (unpaired) electrons. The Labute approximate surface area is 109 Å². The second kappa shape index (κ2) is 5.81. The summed E-state index contributed by atoms with van der Waals surface area (Å²) in [6.07, 6.45) is 1.15. The number of hydrogen-bond donors (Lipinski definition) is 1. The molecule has 1 aliphatic heterocycles. The highest BCUT2D eigenvalue weighted by molar-refractivity contribution is 5.20. The van der Waals surface area contributed by atoms with Crippen LogP contribution in [0.4, 0.5) is 4.39 Å². The van der Waals surface area contributed by atoms with Crippen LogP contribution >= 0.6 is 0 Å². The van der Waals surface area contributed by atoms with Gasteiger partial charge < -0.3 is 5.32 Å². The van der Waals surface area contributed by atoms with E-state index in [0.717, 1.165) is 19.5 Å². The topological polar surface area (TPSA) is 15.3 Å². The second-order valence-corrected chi connectivity index (χ2v) is 5.29. The van der Waals surface area contributed by atoms with Crippen molar-refractivity contribution in [3.05, 3.63) is 35.6 Å². The molecule has 1 saturated heterocycles. The van der Waals surface area contributed by atoms with E-state index in [2.05, 4.69) is 31.0 Å². The monoisotopic (exact) mass is 250 g/mol. The molecule has 2 rings (SSSR count). The van der Waals surface area contributed by atoms with E-state index in [1.54, 1.807) is 12.1 Å². The van der Waals surface area contributed by atoms with Crippen LogP contribution in [0.5, 0.6) is 0 Å². The normalized spacial score (nSPS) is 27.1. The summed E-state index contributed by atoms with van der Waals surface area (Å²) in [6, 6.07) is 8.34. The molecule has 1 fully saturated rings. The summed E-state index contributed by atoms with van der Waals surface area (Å²) in [4.78, 5) is 2.51. The van der Waals surface area contributed by atoms with Crippen molar-refractivity contribution in [3.63, 3.8) is 0 Å². The van der Waals surface area contributed by atoms with Crippen LogP contribution in [0.25, 0.3) is 0 Å². The first kappa shape index (κ1) is 13.5. The molecule has 3 atom stereocenters. The Morgan fingerprint density at radius 2 is 2.06 bits per heavy atom. The number of nitrogens with zero attached hydrogens (tertiary/aromatic N) is 1. The van der Waals surface area contributed by atoms with Crippen molar-refractivity contribution in [1.82, 2.24) is 10.2 Å². The number of hydrogen-bond acceptors (Lipinski definition) is 2. The van der Waals surface area contributed by atoms with Gasteiger partial charge >= 0.3 is 0 Å². The zero-order valence-electron chi connectivity index (χ0n) is 11.5. The summed E-state index contributed by atoms with van der Waals surface area (Å²) in [5.74, 6) is -0.161. The van der Waals surface area contributed by atoms with Crippen molar-refractivity contribution in [1.29, 1.82) is 0 Å². The van der Waals surface area contributed by atoms with Gasteiger partial charge in [-0.2, -0.15) is 0 Å². The number of piperazine rings is 1. The lowest BCUT2D eigenvalue weighted by Crippen LogP contribution is -2.55. The lowest BCUT2D eigenvalue weighted by Gasteiger charge is -2.42. The Morgan fingerprint density at radius 3 is 2.67 bits per heavy atom. The second-order valence-electron chi connectivity index (χ2n) is 5.29. The lowest BCUT2D eigenvalue weighted by molar-refractivity contribution is 0.0975. The standard InChI is InChI=1S/C15H23FN2/c1-4-15-10-18(11(2)9-17-15)12(3)13-5-7-14(16)8-6-13/h5-8,11-12,15,17H,4,9-10H2,1-3H3. The van der Waals surface area contributed by atoms with Crippen LogP contribution in [-0.4, -0.2) is 30.1 Å². The fraction of sp³-hybridized carbons (Fsp3) is 0.600. The molecular weight excluding hydrogens is 227 g/mol. The fourth-order valence-electron chi connectivity index (χ4n) is 2.70. The fourth-order valence-corrected chi connectivity index (χ4v) is 2.70. The first-order valence-corrected chi connectivity index (χ1v) is 6.86. The third kappa shape index (κ3) is 2.90. The summed E-state index contributed by atoms with van der Waals surface area (Å²) in [5, 5.41) is 3.56. The van der Waals surface area contributed by atoms with E-state index in [-0.39, 0.29) is 5.82 Å². The smallest absolute Gasteiger partial charge is 0.123 e. The molecule has 2 nitrogen and oxygen atoms in total. The summed E-state index contributed by atoms with van der Waals surface area (Å²) in [6.45, 7) is 8.77. The van der Waals surface area contributed by atoms with Crippen molar-refractivity contribution < 1.29 is 4.39 Å². The maximum Gasteiger partial charge on any atom is 0.123 e. The van der Waals surface area contributed by atoms with E-state index in [4.69, 9.17) is 0 Å². The molecule has 0 saturated carbocycles. The van der Waals surface area contributed by atoms with Crippen molar-refractivity contribution in [2.24, 2.45) is 0 Å². The molecule has 3 heteroatoms. The van der Waals surface area contributed by atoms with E-state index >= 15 is 0 Å². The Hall–Kier alpha value is -0.930. The summed E-state index contributed by atoms with van der Waals surface area (Å²) in [7, 11) is 0. The molecule has 0 aliphatic carbocycles. The largest absolute Gasteiger partial charge is 0.311 e. The van der Waals surface area contributed by atoms with Gasteiger partial charge in [-0.25, -0.2) is 4.39 Å². The molecule has 100 valence electrons. The van der Waals surface area contributed by atoms with Gasteiger partial charge in [-0.1, -0.05) is 19.1 Å². The number of nitrogens with one attached hydrogen (secondary N) is 1. The lowest BCUT2D eigenvalue weighted by atomic mass is 10.0. The highest BCUT2D eigenvalue weighted by Gasteiger charge is 2.28. The molecule has 0 spiro atoms. The summed E-state index contributed by atoms with van der Waals surface area (Å²) >= 11 is 0. The van der Waals surface area contributed by atoms with Crippen LogP contribution in [0, 0.1) is 5.82 Å². The van der Waals surface area contributed by atoms with Crippen molar-refractivity contribution in [3.8, 4) is 0 Å². The first-order chi connectivity index (χ1) is 8.61. The SMILES string of the molecule is CCC1CN(C(C)c2ccc(F)cc2)C(C)CN1. The molecule has 3 unspecified atom stereocenters. The molecule has 1 N–H and O–H groups in total. The molecule has 1 aliphatic rings. The van der Waals surface area contributed by atoms with Crippen LogP contribution in [0.2, 0.25) is 0 Å². The average molecular weight is 250 g/mol. The maximum atomic E-state index is 13.0. The maximum absolute atomic E-state index is 13.0. The highest BCUT2D eigenvalue weighted by Crippen LogP contribution is 2.25. The Balaban J connectivity index is 2.11. The summed E-state index contributed by atoms with van der Waals surface area (Å²) in [5.41, 5.74) is 1.19. The van der Waals surface area contributed by atoms with Gasteiger partial charge in [0.2, 0.25) is 0 Å². The predicted octanol–water partition coefficient (Wildman–Crippen LogP) is 2.96. The number of benzene rings is 1. The Morgan fingerprint density at radius 1 is 1.39 bits per heavy atom. The molecule has 0 bridgehead atoms. The highest BCUT2D eigenvalue weighted by atomic mass is 19.1. The van der Waals surface area contributed by atoms with Crippen molar-refractivity contribution in [2.45, 2.75) is 45.3 Å². The van der Waals surface area contributed by atoms with Gasteiger partial charge in [-0.05, 0) is 38.0 Å². The molecule has 0 amide bonds. The third-order valence-electron chi connectivity index (χ3n) is 4.04. The third-order valence-corrected chi connectivity index (χ3v) is 4.04. The van der Waals surface area contributed by atoms with E-state index in [1.807, 2.05) is 12.1 Å². The van der Waals surface area contributed by atoms with Crippen LogP contribution in [0.1, 0.15) is 38.8 Å². The molecular formula is C15H23FN2. The van der Waals surface area contributed by atoms with Crippen molar-refractivity contribution >= 4 is 0 Å². The van der Waals surface area contributed by atoms with Crippen LogP contribution < -0.4 is 5.32 Å². The Kier molecular flexibility index (Phi) is 4.36. The minimum atomic E-state index is -0.161. The minimum Gasteiger partial charge on any atom is -0.311 e. The zero-order valence-corrected chi connectivity index (χ0v) is 11.5. The predicted molar refractivity (Wildman–Crippen MR) is 73.1 cm³/mol. The molecule has 1 aromatic carbocycles. The van der Waals surface area contributed by atoms with E-state index in [1.165, 1.54) is 5.56 Å². The zero-order chi connectivity index (χ0) is 13.1. The number of rotatable bonds is 3. The minimum absolute atomic E-state index is 0.161. The van der Waals surface area contributed by atoms with Gasteiger partial charge in [-0.15, -0.1) is 0 Å². The van der Waals surface area contributed by atoms with Crippen LogP contribution in [0.3, 0.4) is 0 Å². The van der Waals surface area contributed by atoms with Gasteiger partial charge in [0.05, 0.1) is 0 Å². The van der Waals surface area contributed by atoms with Gasteiger partial charge in [0.1, 0.15) is 5.82 Å². The van der Waals surface area contributed by atoms with E-state index < -0.39 is 0 Å². The average Bonchev–Trinajstić information content (AvgIpc) is 2.39. The summed E-state index contributed by atoms with van der Waals surface area (Å²) < 4.78 is 13.0. The van der Waals surface area contributed by atoms with E-state index in [0.29, 0.717) is 18.1 Å². The van der Waals surface area contributed by atoms with Gasteiger partial charge in [0, 0.05) is 31.2 Å². The molecule has 18 heavy (non-hydrogen) atoms. The van der Waals surface area contributed by atoms with Crippen LogP contribution in [-0.2, 0) is 0 Å².